The molecule has 0 aromatic heterocycles. The van der Waals surface area contributed by atoms with Gasteiger partial charge in [-0.15, -0.1) is 5.92 Å². The Bertz CT molecular complexity index is 1030. The van der Waals surface area contributed by atoms with Crippen LogP contribution in [0.25, 0.3) is 0 Å². The molecule has 0 radical (unpaired) electrons. The number of nitrogens with zero attached hydrogens (tertiary/aromatic N) is 2. The van der Waals surface area contributed by atoms with E-state index in [9.17, 15) is 0 Å². The second kappa shape index (κ2) is 8.82. The lowest BCUT2D eigenvalue weighted by Crippen LogP contribution is -2.35. The predicted octanol–water partition coefficient (Wildman–Crippen LogP) is 6.93. The Balaban J connectivity index is 1.78. The van der Waals surface area contributed by atoms with Crippen LogP contribution >= 0.6 is 23.2 Å². The van der Waals surface area contributed by atoms with Crippen LogP contribution in [-0.2, 0) is 6.54 Å². The SMILES string of the molecule is CCC#CCN1c2ccccc2N(Cc2ccc(Cl)cc2)C1c1ccc(Cl)cc1. The van der Waals surface area contributed by atoms with Crippen molar-refractivity contribution in [2.75, 3.05) is 16.3 Å². The molecule has 1 aliphatic rings. The molecule has 3 aromatic rings. The van der Waals surface area contributed by atoms with Crippen molar-refractivity contribution in [3.8, 4) is 11.8 Å². The van der Waals surface area contributed by atoms with E-state index < -0.39 is 0 Å². The fourth-order valence-corrected chi connectivity index (χ4v) is 4.02. The normalized spacial score (nSPS) is 15.1. The Hall–Kier alpha value is -2.60. The molecule has 146 valence electrons. The summed E-state index contributed by atoms with van der Waals surface area (Å²) in [6.07, 6.45) is 0.904. The molecule has 4 heteroatoms. The fourth-order valence-electron chi connectivity index (χ4n) is 3.77. The van der Waals surface area contributed by atoms with Gasteiger partial charge < -0.3 is 9.80 Å². The Morgan fingerprint density at radius 3 is 1.97 bits per heavy atom. The van der Waals surface area contributed by atoms with E-state index in [2.05, 4.69) is 77.1 Å². The second-order valence-corrected chi connectivity index (χ2v) is 7.88. The van der Waals surface area contributed by atoms with E-state index in [-0.39, 0.29) is 6.17 Å². The highest BCUT2D eigenvalue weighted by Crippen LogP contribution is 2.46. The van der Waals surface area contributed by atoms with E-state index in [4.69, 9.17) is 23.2 Å². The van der Waals surface area contributed by atoms with Gasteiger partial charge in [0.25, 0.3) is 0 Å². The average molecular weight is 421 g/mol. The lowest BCUT2D eigenvalue weighted by molar-refractivity contribution is 0.628. The minimum atomic E-state index is 0.0477. The molecule has 29 heavy (non-hydrogen) atoms. The second-order valence-electron chi connectivity index (χ2n) is 7.00. The number of hydrogen-bond donors (Lipinski definition) is 0. The minimum Gasteiger partial charge on any atom is -0.341 e. The molecule has 1 unspecified atom stereocenters. The van der Waals surface area contributed by atoms with Crippen molar-refractivity contribution in [3.05, 3.63) is 94.0 Å². The van der Waals surface area contributed by atoms with E-state index in [0.717, 1.165) is 23.0 Å². The third-order valence-corrected chi connectivity index (χ3v) is 5.58. The maximum atomic E-state index is 6.17. The summed E-state index contributed by atoms with van der Waals surface area (Å²) < 4.78 is 0. The number of fused-ring (bicyclic) bond motifs is 1. The first-order valence-electron chi connectivity index (χ1n) is 9.75. The molecule has 4 rings (SSSR count). The molecule has 1 heterocycles. The maximum Gasteiger partial charge on any atom is 0.129 e. The van der Waals surface area contributed by atoms with Crippen LogP contribution in [0.3, 0.4) is 0 Å². The van der Waals surface area contributed by atoms with Crippen LogP contribution in [0.15, 0.2) is 72.8 Å². The molecular weight excluding hydrogens is 399 g/mol. The summed E-state index contributed by atoms with van der Waals surface area (Å²) >= 11 is 12.3. The molecule has 0 bridgehead atoms. The van der Waals surface area contributed by atoms with Gasteiger partial charge in [0.1, 0.15) is 6.17 Å². The highest BCUT2D eigenvalue weighted by Gasteiger charge is 2.36. The quantitative estimate of drug-likeness (QED) is 0.422. The molecule has 2 nitrogen and oxygen atoms in total. The van der Waals surface area contributed by atoms with Crippen molar-refractivity contribution in [1.82, 2.24) is 0 Å². The molecular formula is C25H22Cl2N2. The smallest absolute Gasteiger partial charge is 0.129 e. The van der Waals surface area contributed by atoms with Crippen molar-refractivity contribution < 1.29 is 0 Å². The molecule has 3 aromatic carbocycles. The molecule has 0 saturated carbocycles. The van der Waals surface area contributed by atoms with Crippen molar-refractivity contribution in [2.45, 2.75) is 26.1 Å². The van der Waals surface area contributed by atoms with Crippen LogP contribution in [0, 0.1) is 11.8 Å². The van der Waals surface area contributed by atoms with Gasteiger partial charge in [0.15, 0.2) is 0 Å². The third-order valence-electron chi connectivity index (χ3n) is 5.08. The summed E-state index contributed by atoms with van der Waals surface area (Å²) in [7, 11) is 0. The number of hydrogen-bond acceptors (Lipinski definition) is 2. The zero-order chi connectivity index (χ0) is 20.2. The van der Waals surface area contributed by atoms with Gasteiger partial charge in [-0.25, -0.2) is 0 Å². The average Bonchev–Trinajstić information content (AvgIpc) is 3.04. The van der Waals surface area contributed by atoms with Gasteiger partial charge in [-0.05, 0) is 47.5 Å². The Labute approximate surface area is 182 Å². The Morgan fingerprint density at radius 1 is 0.759 bits per heavy atom. The standard InChI is InChI=1S/C25H22Cl2N2/c1-2-3-6-17-28-23-7-4-5-8-24(23)29(18-19-9-13-21(26)14-10-19)25(28)20-11-15-22(27)16-12-20/h4-5,7-16,25H,2,17-18H2,1H3. The van der Waals surface area contributed by atoms with Gasteiger partial charge in [-0.1, -0.05) is 72.4 Å². The molecule has 0 spiro atoms. The maximum absolute atomic E-state index is 6.17. The molecule has 0 fully saturated rings. The number of halogens is 2. The monoisotopic (exact) mass is 420 g/mol. The molecule has 0 N–H and O–H groups in total. The largest absolute Gasteiger partial charge is 0.341 e. The molecule has 0 amide bonds. The van der Waals surface area contributed by atoms with Crippen LogP contribution < -0.4 is 9.80 Å². The van der Waals surface area contributed by atoms with E-state index in [1.807, 2.05) is 24.3 Å². The van der Waals surface area contributed by atoms with Crippen LogP contribution in [0.1, 0.15) is 30.6 Å². The van der Waals surface area contributed by atoms with Gasteiger partial charge in [0.2, 0.25) is 0 Å². The van der Waals surface area contributed by atoms with Crippen LogP contribution in [-0.4, -0.2) is 6.54 Å². The first-order valence-corrected chi connectivity index (χ1v) is 10.5. The zero-order valence-corrected chi connectivity index (χ0v) is 17.8. The van der Waals surface area contributed by atoms with E-state index in [1.54, 1.807) is 0 Å². The molecule has 1 atom stereocenters. The summed E-state index contributed by atoms with van der Waals surface area (Å²) in [5.74, 6) is 6.54. The van der Waals surface area contributed by atoms with Crippen molar-refractivity contribution in [1.29, 1.82) is 0 Å². The van der Waals surface area contributed by atoms with Crippen molar-refractivity contribution in [3.63, 3.8) is 0 Å². The van der Waals surface area contributed by atoms with Gasteiger partial charge in [0.05, 0.1) is 17.9 Å². The topological polar surface area (TPSA) is 6.48 Å². The molecule has 0 aliphatic carbocycles. The first-order chi connectivity index (χ1) is 14.2. The van der Waals surface area contributed by atoms with Crippen LogP contribution in [0.4, 0.5) is 11.4 Å². The van der Waals surface area contributed by atoms with E-state index >= 15 is 0 Å². The predicted molar refractivity (Wildman–Crippen MR) is 124 cm³/mol. The van der Waals surface area contributed by atoms with Crippen LogP contribution in [0.2, 0.25) is 10.0 Å². The summed E-state index contributed by atoms with van der Waals surface area (Å²) in [6, 6.07) is 24.7. The Kier molecular flexibility index (Phi) is 6.00. The summed E-state index contributed by atoms with van der Waals surface area (Å²) in [5, 5.41) is 1.49. The van der Waals surface area contributed by atoms with Gasteiger partial charge in [0, 0.05) is 23.0 Å². The number of anilines is 2. The Morgan fingerprint density at radius 2 is 1.34 bits per heavy atom. The first kappa shape index (κ1) is 19.7. The third kappa shape index (κ3) is 4.22. The van der Waals surface area contributed by atoms with Gasteiger partial charge in [-0.3, -0.25) is 0 Å². The summed E-state index contributed by atoms with van der Waals surface area (Å²) in [5.41, 5.74) is 4.81. The number of para-hydroxylation sites is 2. The van der Waals surface area contributed by atoms with Crippen LogP contribution in [0.5, 0.6) is 0 Å². The van der Waals surface area contributed by atoms with E-state index in [1.165, 1.54) is 22.5 Å². The fraction of sp³-hybridized carbons (Fsp3) is 0.200. The highest BCUT2D eigenvalue weighted by molar-refractivity contribution is 6.30. The summed E-state index contributed by atoms with van der Waals surface area (Å²) in [4.78, 5) is 4.80. The van der Waals surface area contributed by atoms with Gasteiger partial charge in [-0.2, -0.15) is 0 Å². The lowest BCUT2D eigenvalue weighted by atomic mass is 10.1. The summed E-state index contributed by atoms with van der Waals surface area (Å²) in [6.45, 7) is 3.53. The lowest BCUT2D eigenvalue weighted by Gasteiger charge is -2.33. The molecule has 0 saturated heterocycles. The van der Waals surface area contributed by atoms with Gasteiger partial charge >= 0.3 is 0 Å². The van der Waals surface area contributed by atoms with Crippen molar-refractivity contribution in [2.24, 2.45) is 0 Å². The minimum absolute atomic E-state index is 0.0477. The molecule has 1 aliphatic heterocycles. The number of benzene rings is 3. The zero-order valence-electron chi connectivity index (χ0n) is 16.3. The highest BCUT2D eigenvalue weighted by atomic mass is 35.5. The van der Waals surface area contributed by atoms with E-state index in [0.29, 0.717) is 6.54 Å². The number of rotatable bonds is 4. The van der Waals surface area contributed by atoms with Crippen molar-refractivity contribution >= 4 is 34.6 Å².